The minimum absolute atomic E-state index is 0.0621. The molecule has 20 heavy (non-hydrogen) atoms. The van der Waals surface area contributed by atoms with E-state index in [-0.39, 0.29) is 4.87 Å². The summed E-state index contributed by atoms with van der Waals surface area (Å²) in [6, 6.07) is 12.0. The molecule has 0 aliphatic heterocycles. The zero-order chi connectivity index (χ0) is 13.9. The monoisotopic (exact) mass is 282 g/mol. The molecular formula is C16H14N2OS. The van der Waals surface area contributed by atoms with Crippen LogP contribution in [0, 0.1) is 6.92 Å². The van der Waals surface area contributed by atoms with Gasteiger partial charge in [0.2, 0.25) is 0 Å². The average molecular weight is 282 g/mol. The van der Waals surface area contributed by atoms with Gasteiger partial charge in [0, 0.05) is 23.3 Å². The Bertz CT molecular complexity index is 774. The van der Waals surface area contributed by atoms with Gasteiger partial charge in [-0.15, -0.1) is 0 Å². The van der Waals surface area contributed by atoms with Crippen molar-refractivity contribution < 1.29 is 0 Å². The Morgan fingerprint density at radius 1 is 1.20 bits per heavy atom. The Morgan fingerprint density at radius 3 is 2.80 bits per heavy atom. The molecule has 0 radical (unpaired) electrons. The minimum atomic E-state index is 0.0621. The summed E-state index contributed by atoms with van der Waals surface area (Å²) >= 11 is 1.24. The first kappa shape index (κ1) is 12.8. The van der Waals surface area contributed by atoms with Gasteiger partial charge in [-0.3, -0.25) is 14.3 Å². The molecule has 3 rings (SSSR count). The molecule has 3 aromatic rings. The first-order valence-corrected chi connectivity index (χ1v) is 7.27. The van der Waals surface area contributed by atoms with E-state index in [1.807, 2.05) is 34.2 Å². The summed E-state index contributed by atoms with van der Waals surface area (Å²) in [5, 5.41) is 1.93. The van der Waals surface area contributed by atoms with E-state index >= 15 is 0 Å². The van der Waals surface area contributed by atoms with Gasteiger partial charge in [-0.1, -0.05) is 41.7 Å². The first-order chi connectivity index (χ1) is 9.75. The standard InChI is InChI=1S/C16H14N2OS/c1-12-5-2-3-7-14(12)15-11-20-16(19)18(15)10-13-6-4-8-17-9-13/h2-9,11H,10H2,1H3. The van der Waals surface area contributed by atoms with Gasteiger partial charge in [0.05, 0.1) is 12.2 Å². The molecule has 100 valence electrons. The minimum Gasteiger partial charge on any atom is -0.294 e. The SMILES string of the molecule is Cc1ccccc1-c1csc(=O)n1Cc1cccnc1. The summed E-state index contributed by atoms with van der Waals surface area (Å²) in [6.07, 6.45) is 3.54. The lowest BCUT2D eigenvalue weighted by molar-refractivity contribution is 0.788. The van der Waals surface area contributed by atoms with Crippen molar-refractivity contribution >= 4 is 11.3 Å². The van der Waals surface area contributed by atoms with Crippen molar-refractivity contribution in [1.82, 2.24) is 9.55 Å². The summed E-state index contributed by atoms with van der Waals surface area (Å²) in [6.45, 7) is 2.62. The van der Waals surface area contributed by atoms with Gasteiger partial charge in [-0.2, -0.15) is 0 Å². The molecule has 0 N–H and O–H groups in total. The Balaban J connectivity index is 2.07. The highest BCUT2D eigenvalue weighted by Gasteiger charge is 2.11. The second kappa shape index (κ2) is 5.43. The maximum atomic E-state index is 12.1. The van der Waals surface area contributed by atoms with Crippen molar-refractivity contribution in [3.63, 3.8) is 0 Å². The quantitative estimate of drug-likeness (QED) is 0.738. The number of pyridine rings is 1. The maximum absolute atomic E-state index is 12.1. The molecule has 0 saturated heterocycles. The number of benzene rings is 1. The molecule has 0 bridgehead atoms. The van der Waals surface area contributed by atoms with Gasteiger partial charge >= 0.3 is 4.87 Å². The molecule has 0 spiro atoms. The molecule has 0 unspecified atom stereocenters. The van der Waals surface area contributed by atoms with Crippen LogP contribution in [-0.2, 0) is 6.54 Å². The van der Waals surface area contributed by atoms with Crippen LogP contribution >= 0.6 is 11.3 Å². The van der Waals surface area contributed by atoms with Gasteiger partial charge in [-0.05, 0) is 24.1 Å². The van der Waals surface area contributed by atoms with Crippen LogP contribution in [0.2, 0.25) is 0 Å². The van der Waals surface area contributed by atoms with Crippen molar-refractivity contribution in [3.05, 3.63) is 75.0 Å². The van der Waals surface area contributed by atoms with E-state index < -0.39 is 0 Å². The molecule has 0 aliphatic carbocycles. The highest BCUT2D eigenvalue weighted by atomic mass is 32.1. The van der Waals surface area contributed by atoms with Gasteiger partial charge in [0.1, 0.15) is 0 Å². The predicted molar refractivity (Wildman–Crippen MR) is 82.1 cm³/mol. The van der Waals surface area contributed by atoms with Gasteiger partial charge in [0.15, 0.2) is 0 Å². The van der Waals surface area contributed by atoms with E-state index in [0.29, 0.717) is 6.54 Å². The molecule has 0 amide bonds. The summed E-state index contributed by atoms with van der Waals surface area (Å²) in [5.41, 5.74) is 4.28. The van der Waals surface area contributed by atoms with Crippen molar-refractivity contribution in [1.29, 1.82) is 0 Å². The zero-order valence-corrected chi connectivity index (χ0v) is 11.9. The van der Waals surface area contributed by atoms with E-state index in [0.717, 1.165) is 16.8 Å². The summed E-state index contributed by atoms with van der Waals surface area (Å²) in [7, 11) is 0. The van der Waals surface area contributed by atoms with Crippen LogP contribution in [0.15, 0.2) is 59.0 Å². The lowest BCUT2D eigenvalue weighted by atomic mass is 10.1. The molecule has 0 atom stereocenters. The normalized spacial score (nSPS) is 10.7. The van der Waals surface area contributed by atoms with Crippen molar-refractivity contribution in [2.75, 3.05) is 0 Å². The molecule has 0 fully saturated rings. The second-order valence-electron chi connectivity index (χ2n) is 4.65. The molecule has 0 saturated carbocycles. The first-order valence-electron chi connectivity index (χ1n) is 6.39. The number of hydrogen-bond donors (Lipinski definition) is 0. The fourth-order valence-corrected chi connectivity index (χ4v) is 2.98. The van der Waals surface area contributed by atoms with Crippen LogP contribution in [-0.4, -0.2) is 9.55 Å². The summed E-state index contributed by atoms with van der Waals surface area (Å²) < 4.78 is 1.81. The van der Waals surface area contributed by atoms with E-state index in [9.17, 15) is 4.79 Å². The number of rotatable bonds is 3. The van der Waals surface area contributed by atoms with Crippen LogP contribution < -0.4 is 4.87 Å². The van der Waals surface area contributed by atoms with Crippen LogP contribution in [0.3, 0.4) is 0 Å². The van der Waals surface area contributed by atoms with E-state index in [2.05, 4.69) is 24.0 Å². The van der Waals surface area contributed by atoms with E-state index in [1.54, 1.807) is 12.4 Å². The highest BCUT2D eigenvalue weighted by Crippen LogP contribution is 2.24. The topological polar surface area (TPSA) is 34.9 Å². The molecule has 4 heteroatoms. The zero-order valence-electron chi connectivity index (χ0n) is 11.1. The lowest BCUT2D eigenvalue weighted by Gasteiger charge is -2.09. The van der Waals surface area contributed by atoms with Crippen molar-refractivity contribution in [3.8, 4) is 11.3 Å². The number of nitrogens with zero attached hydrogens (tertiary/aromatic N) is 2. The average Bonchev–Trinajstić information content (AvgIpc) is 2.82. The fraction of sp³-hybridized carbons (Fsp3) is 0.125. The Morgan fingerprint density at radius 2 is 2.05 bits per heavy atom. The molecule has 2 heterocycles. The largest absolute Gasteiger partial charge is 0.307 e. The third-order valence-corrected chi connectivity index (χ3v) is 4.03. The molecular weight excluding hydrogens is 268 g/mol. The van der Waals surface area contributed by atoms with Crippen molar-refractivity contribution in [2.45, 2.75) is 13.5 Å². The molecule has 3 nitrogen and oxygen atoms in total. The third kappa shape index (κ3) is 2.42. The number of aryl methyl sites for hydroxylation is 1. The fourth-order valence-electron chi connectivity index (χ4n) is 2.22. The number of hydrogen-bond acceptors (Lipinski definition) is 3. The molecule has 2 aromatic heterocycles. The van der Waals surface area contributed by atoms with E-state index in [4.69, 9.17) is 0 Å². The highest BCUT2D eigenvalue weighted by molar-refractivity contribution is 7.07. The van der Waals surface area contributed by atoms with Crippen LogP contribution in [0.5, 0.6) is 0 Å². The Hall–Kier alpha value is -2.20. The molecule has 1 aromatic carbocycles. The number of thiazole rings is 1. The second-order valence-corrected chi connectivity index (χ2v) is 5.47. The van der Waals surface area contributed by atoms with Gasteiger partial charge < -0.3 is 0 Å². The summed E-state index contributed by atoms with van der Waals surface area (Å²) in [4.78, 5) is 16.3. The van der Waals surface area contributed by atoms with Gasteiger partial charge in [0.25, 0.3) is 0 Å². The summed E-state index contributed by atoms with van der Waals surface area (Å²) in [5.74, 6) is 0. The Kier molecular flexibility index (Phi) is 3.48. The smallest absolute Gasteiger partial charge is 0.294 e. The van der Waals surface area contributed by atoms with Crippen LogP contribution in [0.1, 0.15) is 11.1 Å². The predicted octanol–water partition coefficient (Wildman–Crippen LogP) is 3.33. The van der Waals surface area contributed by atoms with Crippen molar-refractivity contribution in [2.24, 2.45) is 0 Å². The Labute approximate surface area is 121 Å². The number of aromatic nitrogens is 2. The molecule has 0 aliphatic rings. The van der Waals surface area contributed by atoms with E-state index in [1.165, 1.54) is 16.9 Å². The van der Waals surface area contributed by atoms with Crippen LogP contribution in [0.4, 0.5) is 0 Å². The maximum Gasteiger partial charge on any atom is 0.307 e. The van der Waals surface area contributed by atoms with Crippen LogP contribution in [0.25, 0.3) is 11.3 Å². The van der Waals surface area contributed by atoms with Gasteiger partial charge in [-0.25, -0.2) is 0 Å². The lowest BCUT2D eigenvalue weighted by Crippen LogP contribution is -2.15. The third-order valence-electron chi connectivity index (χ3n) is 3.27.